The molecule has 0 aliphatic rings. The van der Waals surface area contributed by atoms with Crippen LogP contribution in [-0.4, -0.2) is 47.3 Å². The maximum absolute atomic E-state index is 13.4. The predicted molar refractivity (Wildman–Crippen MR) is 223 cm³/mol. The number of azo groups is 2. The van der Waals surface area contributed by atoms with Gasteiger partial charge in [-0.25, -0.2) is 0 Å². The fourth-order valence-corrected chi connectivity index (χ4v) is 5.73. The van der Waals surface area contributed by atoms with Crippen molar-refractivity contribution in [1.29, 1.82) is 0 Å². The molecular formula is C42H36Cl2N8O6. The van der Waals surface area contributed by atoms with Gasteiger partial charge in [-0.05, 0) is 112 Å². The van der Waals surface area contributed by atoms with E-state index in [1.54, 1.807) is 74.5 Å². The van der Waals surface area contributed by atoms with E-state index < -0.39 is 47.3 Å². The summed E-state index contributed by atoms with van der Waals surface area (Å²) in [6, 6.07) is 26.3. The first-order valence-corrected chi connectivity index (χ1v) is 18.3. The Hall–Kier alpha value is -6.90. The number of halogens is 2. The van der Waals surface area contributed by atoms with E-state index in [-0.39, 0.29) is 38.2 Å². The van der Waals surface area contributed by atoms with Crippen molar-refractivity contribution in [2.45, 2.75) is 39.8 Å². The number of nitrogens with one attached hydrogen (secondary N) is 4. The number of amides is 4. The van der Waals surface area contributed by atoms with E-state index in [0.717, 1.165) is 0 Å². The molecule has 0 aliphatic heterocycles. The zero-order valence-corrected chi connectivity index (χ0v) is 33.1. The molecular weight excluding hydrogens is 783 g/mol. The highest BCUT2D eigenvalue weighted by Crippen LogP contribution is 2.30. The van der Waals surface area contributed by atoms with Crippen LogP contribution in [0.4, 0.5) is 34.1 Å². The topological polar surface area (TPSA) is 200 Å². The molecule has 5 rings (SSSR count). The molecule has 5 aromatic carbocycles. The maximum Gasteiger partial charge on any atom is 0.258 e. The monoisotopic (exact) mass is 818 g/mol. The van der Waals surface area contributed by atoms with E-state index in [2.05, 4.69) is 41.7 Å². The number of ketones is 2. The molecule has 0 radical (unpaired) electrons. The van der Waals surface area contributed by atoms with Crippen molar-refractivity contribution in [1.82, 2.24) is 0 Å². The van der Waals surface area contributed by atoms with Crippen LogP contribution in [0.5, 0.6) is 0 Å². The highest BCUT2D eigenvalue weighted by atomic mass is 35.5. The molecule has 2 unspecified atom stereocenters. The second-order valence-corrected chi connectivity index (χ2v) is 13.7. The van der Waals surface area contributed by atoms with Crippen molar-refractivity contribution in [3.8, 4) is 0 Å². The first kappa shape index (κ1) is 42.2. The maximum atomic E-state index is 13.4. The van der Waals surface area contributed by atoms with Crippen LogP contribution in [0.25, 0.3) is 0 Å². The first-order valence-electron chi connectivity index (χ1n) is 17.6. The van der Waals surface area contributed by atoms with Gasteiger partial charge in [-0.15, -0.1) is 0 Å². The fourth-order valence-electron chi connectivity index (χ4n) is 5.42. The minimum Gasteiger partial charge on any atom is -0.324 e. The lowest BCUT2D eigenvalue weighted by atomic mass is 10.1. The van der Waals surface area contributed by atoms with Gasteiger partial charge in [-0.2, -0.15) is 20.5 Å². The summed E-state index contributed by atoms with van der Waals surface area (Å²) in [5.74, 6) is -3.65. The Morgan fingerprint density at radius 2 is 0.897 bits per heavy atom. The fraction of sp³-hybridized carbons (Fsp3) is 0.143. The minimum atomic E-state index is -1.56. The van der Waals surface area contributed by atoms with Gasteiger partial charge in [0.1, 0.15) is 11.4 Å². The molecule has 0 fully saturated rings. The van der Waals surface area contributed by atoms with Gasteiger partial charge in [0.05, 0.1) is 10.0 Å². The van der Waals surface area contributed by atoms with Crippen molar-refractivity contribution in [3.05, 3.63) is 141 Å². The average molecular weight is 820 g/mol. The Morgan fingerprint density at radius 3 is 1.29 bits per heavy atom. The smallest absolute Gasteiger partial charge is 0.258 e. The molecule has 4 amide bonds. The molecule has 5 aromatic rings. The molecule has 58 heavy (non-hydrogen) atoms. The van der Waals surface area contributed by atoms with Crippen molar-refractivity contribution in [3.63, 3.8) is 0 Å². The van der Waals surface area contributed by atoms with E-state index in [1.165, 1.54) is 50.2 Å². The zero-order chi connectivity index (χ0) is 41.9. The Morgan fingerprint density at radius 1 is 0.500 bits per heavy atom. The van der Waals surface area contributed by atoms with E-state index in [1.807, 2.05) is 12.1 Å². The van der Waals surface area contributed by atoms with E-state index in [4.69, 9.17) is 23.2 Å². The van der Waals surface area contributed by atoms with Gasteiger partial charge in [0, 0.05) is 33.9 Å². The number of Topliss-reactive ketones (excluding diaryl/α,β-unsaturated/α-hetero) is 2. The summed E-state index contributed by atoms with van der Waals surface area (Å²) in [6.07, 6.45) is 0. The van der Waals surface area contributed by atoms with Crippen LogP contribution in [0.2, 0.25) is 10.0 Å². The molecule has 294 valence electrons. The summed E-state index contributed by atoms with van der Waals surface area (Å²) in [7, 11) is 0. The molecule has 0 aromatic heterocycles. The third-order valence-electron chi connectivity index (χ3n) is 8.36. The van der Waals surface area contributed by atoms with Gasteiger partial charge < -0.3 is 21.3 Å². The lowest BCUT2D eigenvalue weighted by Gasteiger charge is -2.17. The van der Waals surface area contributed by atoms with Crippen molar-refractivity contribution in [2.75, 3.05) is 21.3 Å². The zero-order valence-electron chi connectivity index (χ0n) is 31.5. The number of anilines is 4. The molecule has 4 N–H and O–H groups in total. The Bertz CT molecular complexity index is 2440. The number of hydrogen-bond donors (Lipinski definition) is 4. The molecule has 2 atom stereocenters. The van der Waals surface area contributed by atoms with Gasteiger partial charge in [0.25, 0.3) is 23.6 Å². The number of carbonyl (C=O) groups is 6. The number of hydrogen-bond acceptors (Lipinski definition) is 10. The first-order chi connectivity index (χ1) is 27.7. The van der Waals surface area contributed by atoms with Crippen LogP contribution in [-0.2, 0) is 19.2 Å². The van der Waals surface area contributed by atoms with Crippen LogP contribution in [0.3, 0.4) is 0 Å². The predicted octanol–water partition coefficient (Wildman–Crippen LogP) is 9.47. The minimum absolute atomic E-state index is 0.0689. The van der Waals surface area contributed by atoms with E-state index in [0.29, 0.717) is 28.2 Å². The lowest BCUT2D eigenvalue weighted by Crippen LogP contribution is -2.33. The standard InChI is InChI=1S/C42H36Cl2N8O6/c1-23-19-31(47-41(57)37(25(3)53)51-49-34-21-27(15-17-32(34)43)39(55)45-29-11-7-5-8-12-29)20-24(2)36(23)48-42(58)38(26(4)54)52-50-35-22-28(16-18-33(35)44)40(56)46-30-13-9-6-10-14-30/h5-22,37-38H,1-4H3,(H,45,55)(H,46,56)(H,47,57)(H,48,58). The number of benzene rings is 5. The Kier molecular flexibility index (Phi) is 14.1. The molecule has 0 spiro atoms. The average Bonchev–Trinajstić information content (AvgIpc) is 3.18. The highest BCUT2D eigenvalue weighted by Gasteiger charge is 2.26. The van der Waals surface area contributed by atoms with Crippen molar-refractivity contribution >= 4 is 92.5 Å². The quantitative estimate of drug-likeness (QED) is 0.0635. The summed E-state index contributed by atoms with van der Waals surface area (Å²) in [6.45, 7) is 5.70. The van der Waals surface area contributed by atoms with Crippen molar-refractivity contribution < 1.29 is 28.8 Å². The lowest BCUT2D eigenvalue weighted by molar-refractivity contribution is -0.127. The van der Waals surface area contributed by atoms with Crippen LogP contribution in [0.15, 0.2) is 130 Å². The van der Waals surface area contributed by atoms with Gasteiger partial charge in [-0.3, -0.25) is 28.8 Å². The number of nitrogens with zero attached hydrogens (tertiary/aromatic N) is 4. The summed E-state index contributed by atoms with van der Waals surface area (Å²) in [5.41, 5.74) is 3.38. The van der Waals surface area contributed by atoms with Crippen molar-refractivity contribution in [2.24, 2.45) is 20.5 Å². The molecule has 14 nitrogen and oxygen atoms in total. The number of rotatable bonds is 14. The second-order valence-electron chi connectivity index (χ2n) is 12.9. The number of carbonyl (C=O) groups excluding carboxylic acids is 6. The Labute approximate surface area is 343 Å². The van der Waals surface area contributed by atoms with Gasteiger partial charge >= 0.3 is 0 Å². The van der Waals surface area contributed by atoms with E-state index >= 15 is 0 Å². The summed E-state index contributed by atoms with van der Waals surface area (Å²) in [4.78, 5) is 77.4. The SMILES string of the molecule is CC(=O)C(N=Nc1cc(C(=O)Nc2ccccc2)ccc1Cl)C(=O)Nc1cc(C)c(NC(=O)C(N=Nc2cc(C(=O)Nc3ccccc3)ccc2Cl)C(C)=O)c(C)c1. The van der Waals surface area contributed by atoms with Gasteiger partial charge in [-0.1, -0.05) is 59.6 Å². The number of aryl methyl sites for hydroxylation is 2. The molecule has 0 aliphatic carbocycles. The third kappa shape index (κ3) is 11.1. The van der Waals surface area contributed by atoms with Crippen LogP contribution in [0, 0.1) is 13.8 Å². The summed E-state index contributed by atoms with van der Waals surface area (Å²) in [5, 5.41) is 27.2. The second kappa shape index (κ2) is 19.3. The molecule has 0 heterocycles. The van der Waals surface area contributed by atoms with Gasteiger partial charge in [0.15, 0.2) is 11.6 Å². The number of para-hydroxylation sites is 2. The van der Waals surface area contributed by atoms with Gasteiger partial charge in [0.2, 0.25) is 12.1 Å². The van der Waals surface area contributed by atoms with Crippen LogP contribution >= 0.6 is 23.2 Å². The molecule has 16 heteroatoms. The molecule has 0 bridgehead atoms. The molecule has 0 saturated heterocycles. The van der Waals surface area contributed by atoms with Crippen LogP contribution in [0.1, 0.15) is 45.7 Å². The molecule has 0 saturated carbocycles. The summed E-state index contributed by atoms with van der Waals surface area (Å²) >= 11 is 12.6. The van der Waals surface area contributed by atoms with E-state index in [9.17, 15) is 28.8 Å². The normalized spacial score (nSPS) is 12.1. The summed E-state index contributed by atoms with van der Waals surface area (Å²) < 4.78 is 0. The highest BCUT2D eigenvalue weighted by molar-refractivity contribution is 6.33. The largest absolute Gasteiger partial charge is 0.324 e. The van der Waals surface area contributed by atoms with Crippen LogP contribution < -0.4 is 21.3 Å². The Balaban J connectivity index is 1.26. The third-order valence-corrected chi connectivity index (χ3v) is 9.00.